The van der Waals surface area contributed by atoms with Crippen LogP contribution in [0.25, 0.3) is 0 Å². The maximum atomic E-state index is 12.9. The van der Waals surface area contributed by atoms with E-state index in [4.69, 9.17) is 0 Å². The summed E-state index contributed by atoms with van der Waals surface area (Å²) in [5.74, 6) is -0.256. The minimum atomic E-state index is -1.40. The maximum Gasteiger partial charge on any atom is 0.228 e. The second-order valence-corrected chi connectivity index (χ2v) is 9.71. The number of amides is 1. The molecule has 3 N–H and O–H groups in total. The number of hydrogen-bond acceptors (Lipinski definition) is 6. The van der Waals surface area contributed by atoms with E-state index in [0.29, 0.717) is 12.6 Å². The van der Waals surface area contributed by atoms with Gasteiger partial charge in [0.1, 0.15) is 6.10 Å². The number of Topliss-reactive ketones (excluding diaryl/α,β-unsaturated/α-hetero) is 1. The van der Waals surface area contributed by atoms with Gasteiger partial charge in [0, 0.05) is 24.5 Å². The van der Waals surface area contributed by atoms with Crippen molar-refractivity contribution in [3.8, 4) is 0 Å². The lowest BCUT2D eigenvalue weighted by Gasteiger charge is -2.38. The fourth-order valence-electron chi connectivity index (χ4n) is 4.53. The zero-order valence-corrected chi connectivity index (χ0v) is 18.3. The van der Waals surface area contributed by atoms with Crippen LogP contribution in [-0.2, 0) is 9.59 Å². The van der Waals surface area contributed by atoms with Gasteiger partial charge in [-0.1, -0.05) is 46.5 Å². The first kappa shape index (κ1) is 24.3. The quantitative estimate of drug-likeness (QED) is 0.494. The molecular formula is C22H40N2O5. The SMILES string of the molecule is CC(C)(C)C(=O)N(CCCCCCN1CC(O)C(O)C(=O)C1CO)C1CCCC1. The molecule has 2 aliphatic rings. The molecule has 1 aliphatic heterocycles. The average molecular weight is 413 g/mol. The Morgan fingerprint density at radius 1 is 1.10 bits per heavy atom. The summed E-state index contributed by atoms with van der Waals surface area (Å²) in [5, 5.41) is 29.0. The maximum absolute atomic E-state index is 12.9. The summed E-state index contributed by atoms with van der Waals surface area (Å²) >= 11 is 0. The van der Waals surface area contributed by atoms with Crippen molar-refractivity contribution >= 4 is 11.7 Å². The van der Waals surface area contributed by atoms with E-state index in [0.717, 1.165) is 45.1 Å². The molecule has 0 bridgehead atoms. The molecule has 7 nitrogen and oxygen atoms in total. The Kier molecular flexibility index (Phi) is 9.07. The van der Waals surface area contributed by atoms with Crippen LogP contribution < -0.4 is 0 Å². The molecule has 7 heteroatoms. The molecule has 1 aliphatic carbocycles. The van der Waals surface area contributed by atoms with Crippen molar-refractivity contribution in [3.05, 3.63) is 0 Å². The number of β-amino-alcohol motifs (C(OH)–C–C–N with tert-alkyl or cyclic N) is 1. The first-order valence-corrected chi connectivity index (χ1v) is 11.2. The number of piperidine rings is 1. The highest BCUT2D eigenvalue weighted by Crippen LogP contribution is 2.28. The van der Waals surface area contributed by atoms with Crippen LogP contribution in [0.3, 0.4) is 0 Å². The van der Waals surface area contributed by atoms with Crippen molar-refractivity contribution in [2.24, 2.45) is 5.41 Å². The third kappa shape index (κ3) is 6.48. The molecule has 2 rings (SSSR count). The third-order valence-electron chi connectivity index (χ3n) is 6.28. The summed E-state index contributed by atoms with van der Waals surface area (Å²) in [6, 6.07) is -0.338. The number of aliphatic hydroxyl groups excluding tert-OH is 3. The number of carbonyl (C=O) groups is 2. The molecule has 1 amide bonds. The van der Waals surface area contributed by atoms with Crippen LogP contribution in [0.1, 0.15) is 72.1 Å². The average Bonchev–Trinajstić information content (AvgIpc) is 3.19. The van der Waals surface area contributed by atoms with Gasteiger partial charge in [-0.2, -0.15) is 0 Å². The minimum absolute atomic E-state index is 0.202. The van der Waals surface area contributed by atoms with Crippen molar-refractivity contribution in [1.29, 1.82) is 0 Å². The Labute approximate surface area is 175 Å². The van der Waals surface area contributed by atoms with E-state index in [1.54, 1.807) is 4.90 Å². The first-order valence-electron chi connectivity index (χ1n) is 11.2. The topological polar surface area (TPSA) is 101 Å². The zero-order chi connectivity index (χ0) is 21.6. The minimum Gasteiger partial charge on any atom is -0.394 e. The second-order valence-electron chi connectivity index (χ2n) is 9.71. The number of nitrogens with zero attached hydrogens (tertiary/aromatic N) is 2. The third-order valence-corrected chi connectivity index (χ3v) is 6.28. The molecule has 168 valence electrons. The molecule has 3 unspecified atom stereocenters. The summed E-state index contributed by atoms with van der Waals surface area (Å²) in [7, 11) is 0. The van der Waals surface area contributed by atoms with E-state index in [9.17, 15) is 24.9 Å². The Morgan fingerprint density at radius 2 is 1.72 bits per heavy atom. The van der Waals surface area contributed by atoms with Gasteiger partial charge in [-0.15, -0.1) is 0 Å². The Hall–Kier alpha value is -1.02. The molecule has 2 fully saturated rings. The van der Waals surface area contributed by atoms with Crippen LogP contribution >= 0.6 is 0 Å². The molecule has 1 saturated carbocycles. The molecular weight excluding hydrogens is 372 g/mol. The van der Waals surface area contributed by atoms with Crippen molar-refractivity contribution < 1.29 is 24.9 Å². The van der Waals surface area contributed by atoms with Crippen molar-refractivity contribution in [2.75, 3.05) is 26.2 Å². The highest BCUT2D eigenvalue weighted by Gasteiger charge is 2.40. The molecule has 1 heterocycles. The highest BCUT2D eigenvalue weighted by molar-refractivity contribution is 5.89. The van der Waals surface area contributed by atoms with Crippen LogP contribution in [0.2, 0.25) is 0 Å². The van der Waals surface area contributed by atoms with Crippen LogP contribution in [0.15, 0.2) is 0 Å². The molecule has 0 aromatic heterocycles. The van der Waals surface area contributed by atoms with Crippen molar-refractivity contribution in [1.82, 2.24) is 9.80 Å². The van der Waals surface area contributed by atoms with E-state index >= 15 is 0 Å². The standard InChI is InChI=1S/C22H40N2O5/c1-22(2,3)21(29)24(16-10-6-7-11-16)13-9-5-4-8-12-23-14-18(26)20(28)19(27)17(23)15-25/h16-18,20,25-26,28H,4-15H2,1-3H3. The number of unbranched alkanes of at least 4 members (excludes halogenated alkanes) is 3. The second kappa shape index (κ2) is 10.8. The normalized spacial score (nSPS) is 26.8. The molecule has 3 atom stereocenters. The molecule has 0 spiro atoms. The van der Waals surface area contributed by atoms with E-state index in [-0.39, 0.29) is 24.5 Å². The molecule has 0 aromatic carbocycles. The number of rotatable bonds is 9. The van der Waals surface area contributed by atoms with Crippen molar-refractivity contribution in [3.63, 3.8) is 0 Å². The van der Waals surface area contributed by atoms with Crippen LogP contribution in [-0.4, -0.2) is 87.3 Å². The Morgan fingerprint density at radius 3 is 2.31 bits per heavy atom. The molecule has 0 radical (unpaired) electrons. The number of ketones is 1. The highest BCUT2D eigenvalue weighted by atomic mass is 16.3. The van der Waals surface area contributed by atoms with Crippen molar-refractivity contribution in [2.45, 2.75) is 96.4 Å². The Balaban J connectivity index is 1.74. The summed E-state index contributed by atoms with van der Waals surface area (Å²) in [4.78, 5) is 28.7. The summed E-state index contributed by atoms with van der Waals surface area (Å²) in [6.07, 6.45) is 5.92. The summed E-state index contributed by atoms with van der Waals surface area (Å²) in [6.45, 7) is 7.23. The van der Waals surface area contributed by atoms with Gasteiger partial charge in [0.25, 0.3) is 0 Å². The number of likely N-dealkylation sites (tertiary alicyclic amines) is 1. The Bertz CT molecular complexity index is 542. The van der Waals surface area contributed by atoms with Gasteiger partial charge in [0.15, 0.2) is 5.78 Å². The summed E-state index contributed by atoms with van der Waals surface area (Å²) < 4.78 is 0. The molecule has 1 saturated heterocycles. The predicted octanol–water partition coefficient (Wildman–Crippen LogP) is 1.33. The van der Waals surface area contributed by atoms with Crippen LogP contribution in [0, 0.1) is 5.41 Å². The van der Waals surface area contributed by atoms with Crippen LogP contribution in [0.5, 0.6) is 0 Å². The van der Waals surface area contributed by atoms with Gasteiger partial charge in [0.05, 0.1) is 18.8 Å². The van der Waals surface area contributed by atoms with Gasteiger partial charge in [0.2, 0.25) is 5.91 Å². The van der Waals surface area contributed by atoms with Gasteiger partial charge in [-0.05, 0) is 32.2 Å². The number of carbonyl (C=O) groups excluding carboxylic acids is 2. The number of hydrogen-bond donors (Lipinski definition) is 3. The van der Waals surface area contributed by atoms with Gasteiger partial charge < -0.3 is 20.2 Å². The zero-order valence-electron chi connectivity index (χ0n) is 18.3. The van der Waals surface area contributed by atoms with Gasteiger partial charge in [-0.3, -0.25) is 14.5 Å². The summed E-state index contributed by atoms with van der Waals surface area (Å²) in [5.41, 5.74) is -0.353. The lowest BCUT2D eigenvalue weighted by molar-refractivity contribution is -0.149. The monoisotopic (exact) mass is 412 g/mol. The van der Waals surface area contributed by atoms with Gasteiger partial charge >= 0.3 is 0 Å². The smallest absolute Gasteiger partial charge is 0.228 e. The fraction of sp³-hybridized carbons (Fsp3) is 0.909. The molecule has 29 heavy (non-hydrogen) atoms. The molecule has 0 aromatic rings. The number of aliphatic hydroxyl groups is 3. The van der Waals surface area contributed by atoms with Gasteiger partial charge in [-0.25, -0.2) is 0 Å². The van der Waals surface area contributed by atoms with E-state index in [1.807, 2.05) is 20.8 Å². The first-order chi connectivity index (χ1) is 13.7. The van der Waals surface area contributed by atoms with E-state index in [1.165, 1.54) is 12.8 Å². The largest absolute Gasteiger partial charge is 0.394 e. The van der Waals surface area contributed by atoms with E-state index in [2.05, 4.69) is 4.90 Å². The lowest BCUT2D eigenvalue weighted by atomic mass is 9.93. The predicted molar refractivity (Wildman–Crippen MR) is 111 cm³/mol. The van der Waals surface area contributed by atoms with E-state index < -0.39 is 24.0 Å². The lowest BCUT2D eigenvalue weighted by Crippen LogP contribution is -2.60. The fourth-order valence-corrected chi connectivity index (χ4v) is 4.53. The van der Waals surface area contributed by atoms with Crippen LogP contribution in [0.4, 0.5) is 0 Å².